The van der Waals surface area contributed by atoms with Crippen LogP contribution in [0.2, 0.25) is 0 Å². The molecule has 21 heteroatoms. The number of nitrogens with one attached hydrogen (secondary N) is 1. The Balaban J connectivity index is 0.000000266. The molecular weight excluding hydrogens is 902 g/mol. The van der Waals surface area contributed by atoms with Crippen LogP contribution in [0.5, 0.6) is 0 Å². The Kier molecular flexibility index (Phi) is 25.6. The minimum Gasteiger partial charge on any atom is -0.793 e. The molecule has 1 N–H and O–H groups in total. The molecule has 4 aromatic heterocycles. The number of hydrogen-bond acceptors (Lipinski definition) is 17. The first kappa shape index (κ1) is 57.1. The molecule has 69 heavy (non-hydrogen) atoms. The SMILES string of the molecule is C1COCCN1.CC(=O)OOC(C)=O.CCOC(=O)c1cccn2cc(-c3ccc(C=O)cc3)nc12.CCOC(=O)c1cccn2cc(-c3ccc(CN4CCOCC4)cc3)nc12.[B-]OC(C)=O.[Na+]. The van der Waals surface area contributed by atoms with E-state index >= 15 is 0 Å². The number of carbonyl (C=O) groups is 6. The third-order valence-corrected chi connectivity index (χ3v) is 9.35. The maximum absolute atomic E-state index is 12.1. The van der Waals surface area contributed by atoms with Gasteiger partial charge in [0.1, 0.15) is 17.4 Å². The number of rotatable bonds is 9. The van der Waals surface area contributed by atoms with Gasteiger partial charge in [-0.2, -0.15) is 0 Å². The molecule has 2 aliphatic heterocycles. The van der Waals surface area contributed by atoms with Crippen LogP contribution in [-0.4, -0.2) is 134 Å². The minimum absolute atomic E-state index is 0. The maximum atomic E-state index is 12.1. The number of nitrogens with zero attached hydrogens (tertiary/aromatic N) is 5. The van der Waals surface area contributed by atoms with Gasteiger partial charge in [0.25, 0.3) is 0 Å². The van der Waals surface area contributed by atoms with Crippen LogP contribution in [0.1, 0.15) is 71.3 Å². The van der Waals surface area contributed by atoms with Crippen molar-refractivity contribution in [2.75, 3.05) is 65.8 Å². The summed E-state index contributed by atoms with van der Waals surface area (Å²) >= 11 is 0. The van der Waals surface area contributed by atoms with E-state index in [1.165, 1.54) is 12.5 Å². The monoisotopic (exact) mass is 957 g/mol. The molecule has 2 fully saturated rings. The van der Waals surface area contributed by atoms with Crippen molar-refractivity contribution < 1.29 is 91.7 Å². The van der Waals surface area contributed by atoms with Gasteiger partial charge in [0.2, 0.25) is 5.97 Å². The van der Waals surface area contributed by atoms with Crippen molar-refractivity contribution in [3.8, 4) is 22.5 Å². The van der Waals surface area contributed by atoms with E-state index in [1.54, 1.807) is 48.6 Å². The summed E-state index contributed by atoms with van der Waals surface area (Å²) in [7, 11) is 4.32. The predicted molar refractivity (Wildman–Crippen MR) is 249 cm³/mol. The first-order valence-corrected chi connectivity index (χ1v) is 21.6. The van der Waals surface area contributed by atoms with Crippen LogP contribution >= 0.6 is 0 Å². The van der Waals surface area contributed by atoms with Crippen LogP contribution in [-0.2, 0) is 54.3 Å². The summed E-state index contributed by atoms with van der Waals surface area (Å²) in [5.41, 5.74) is 7.44. The van der Waals surface area contributed by atoms with Crippen LogP contribution in [0.25, 0.3) is 33.8 Å². The second-order valence-corrected chi connectivity index (χ2v) is 14.4. The van der Waals surface area contributed by atoms with Gasteiger partial charge in [-0.15, -0.1) is 0 Å². The zero-order valence-corrected chi connectivity index (χ0v) is 41.7. The van der Waals surface area contributed by atoms with Gasteiger partial charge in [0.15, 0.2) is 11.3 Å². The topological polar surface area (TPSA) is 217 Å². The normalized spacial score (nSPS) is 12.8. The Hall–Kier alpha value is -6.26. The molecule has 0 aliphatic carbocycles. The van der Waals surface area contributed by atoms with E-state index in [0.717, 1.165) is 102 Å². The van der Waals surface area contributed by atoms with Crippen molar-refractivity contribution in [3.63, 3.8) is 0 Å². The van der Waals surface area contributed by atoms with Gasteiger partial charge in [0, 0.05) is 95.0 Å². The van der Waals surface area contributed by atoms with E-state index in [9.17, 15) is 28.8 Å². The van der Waals surface area contributed by atoms with Gasteiger partial charge in [-0.05, 0) is 43.7 Å². The van der Waals surface area contributed by atoms with Crippen LogP contribution in [0.15, 0.2) is 97.6 Å². The molecule has 19 nitrogen and oxygen atoms in total. The standard InChI is InChI=1S/C21H23N3O3.C17H14N2O3.C4H9NO.C4H6O4.C2H3BO2.Na/c1-2-27-21(25)18-4-3-9-24-15-19(22-20(18)24)17-7-5-16(6-8-17)14-23-10-12-26-13-11-23;1-2-22-17(21)14-4-3-9-19-10-15(18-16(14)19)13-7-5-12(11-20)6-8-13;1-3-6-4-2-5-1;1-3(5)7-8-4(2)6;1-2(4)5-3;/h3-9,15H,2,10-14H2,1H3;3-11H,2H2,1H3;5H,1-4H2;1-2H3;1H3;/q;;;;-1;+1. The number of morpholine rings is 2. The minimum atomic E-state index is -0.639. The summed E-state index contributed by atoms with van der Waals surface area (Å²) in [6.07, 6.45) is 8.30. The number of carbonyl (C=O) groups excluding carboxylic acids is 6. The number of imidazole rings is 2. The number of aromatic nitrogens is 4. The second-order valence-electron chi connectivity index (χ2n) is 14.4. The molecule has 2 aliphatic rings. The van der Waals surface area contributed by atoms with Gasteiger partial charge >= 0.3 is 53.4 Å². The Bertz CT molecular complexity index is 2540. The molecule has 0 unspecified atom stereocenters. The van der Waals surface area contributed by atoms with E-state index in [4.69, 9.17) is 18.9 Å². The van der Waals surface area contributed by atoms with Crippen LogP contribution < -0.4 is 34.9 Å². The molecule has 2 aromatic carbocycles. The van der Waals surface area contributed by atoms with Gasteiger partial charge in [-0.1, -0.05) is 48.5 Å². The number of aldehydes is 1. The molecule has 0 spiro atoms. The largest absolute Gasteiger partial charge is 1.00 e. The number of benzene rings is 2. The Labute approximate surface area is 423 Å². The Morgan fingerprint density at radius 2 is 1.10 bits per heavy atom. The van der Waals surface area contributed by atoms with Crippen LogP contribution in [0.3, 0.4) is 0 Å². The molecule has 0 saturated carbocycles. The van der Waals surface area contributed by atoms with Crippen molar-refractivity contribution in [3.05, 3.63) is 120 Å². The number of fused-ring (bicyclic) bond motifs is 2. The fourth-order valence-corrected chi connectivity index (χ4v) is 6.20. The van der Waals surface area contributed by atoms with Crippen LogP contribution in [0.4, 0.5) is 0 Å². The average Bonchev–Trinajstić information content (AvgIpc) is 4.01. The molecule has 3 radical (unpaired) electrons. The molecule has 359 valence electrons. The first-order valence-electron chi connectivity index (χ1n) is 21.6. The zero-order chi connectivity index (χ0) is 49.3. The van der Waals surface area contributed by atoms with Crippen molar-refractivity contribution in [1.29, 1.82) is 0 Å². The Morgan fingerprint density at radius 1 is 0.667 bits per heavy atom. The molecule has 6 aromatic rings. The van der Waals surface area contributed by atoms with E-state index in [1.807, 2.05) is 47.4 Å². The number of hydrogen-bond donors (Lipinski definition) is 1. The maximum Gasteiger partial charge on any atom is 1.00 e. The molecule has 0 amide bonds. The molecule has 0 atom stereocenters. The van der Waals surface area contributed by atoms with Crippen LogP contribution in [0, 0.1) is 0 Å². The van der Waals surface area contributed by atoms with Gasteiger partial charge in [-0.25, -0.2) is 38.9 Å². The van der Waals surface area contributed by atoms with Crippen molar-refractivity contribution in [1.82, 2.24) is 29.0 Å². The number of pyridine rings is 2. The second kappa shape index (κ2) is 31.0. The summed E-state index contributed by atoms with van der Waals surface area (Å²) in [5, 5.41) is 3.16. The van der Waals surface area contributed by atoms with E-state index in [2.05, 4.69) is 66.9 Å². The van der Waals surface area contributed by atoms with Gasteiger partial charge in [0.05, 0.1) is 51.0 Å². The van der Waals surface area contributed by atoms with Crippen molar-refractivity contribution >= 4 is 55.5 Å². The molecular formula is C48H55BN6NaO13. The fourth-order valence-electron chi connectivity index (χ4n) is 6.20. The quantitative estimate of drug-likeness (QED) is 0.0723. The fraction of sp³-hybridized carbons (Fsp3) is 0.333. The van der Waals surface area contributed by atoms with Gasteiger partial charge < -0.3 is 45.8 Å². The summed E-state index contributed by atoms with van der Waals surface area (Å²) in [6, 6.07) is 22.6. The van der Waals surface area contributed by atoms with Gasteiger partial charge in [-0.3, -0.25) is 14.5 Å². The predicted octanol–water partition coefficient (Wildman–Crippen LogP) is 2.27. The van der Waals surface area contributed by atoms with E-state index in [-0.39, 0.29) is 41.5 Å². The van der Waals surface area contributed by atoms with Crippen molar-refractivity contribution in [2.45, 2.75) is 41.2 Å². The molecule has 6 heterocycles. The Morgan fingerprint density at radius 3 is 1.46 bits per heavy atom. The third kappa shape index (κ3) is 19.3. The first-order chi connectivity index (χ1) is 32.9. The average molecular weight is 958 g/mol. The van der Waals surface area contributed by atoms with E-state index < -0.39 is 17.9 Å². The third-order valence-electron chi connectivity index (χ3n) is 9.35. The molecule has 0 bridgehead atoms. The number of esters is 2. The smallest absolute Gasteiger partial charge is 0.793 e. The number of ether oxygens (including phenoxy) is 4. The van der Waals surface area contributed by atoms with E-state index in [0.29, 0.717) is 41.2 Å². The zero-order valence-electron chi connectivity index (χ0n) is 39.7. The summed E-state index contributed by atoms with van der Waals surface area (Å²) in [5.74, 6) is -2.48. The molecule has 8 rings (SSSR count). The summed E-state index contributed by atoms with van der Waals surface area (Å²) < 4.78 is 27.9. The summed E-state index contributed by atoms with van der Waals surface area (Å²) in [6.45, 7) is 16.1. The molecule has 2 saturated heterocycles. The van der Waals surface area contributed by atoms with Crippen molar-refractivity contribution in [2.24, 2.45) is 0 Å². The summed E-state index contributed by atoms with van der Waals surface area (Å²) in [4.78, 5) is 83.2.